The van der Waals surface area contributed by atoms with E-state index in [1.165, 1.54) is 7.11 Å². The first-order valence-electron chi connectivity index (χ1n) is 5.79. The van der Waals surface area contributed by atoms with Gasteiger partial charge in [0.1, 0.15) is 5.84 Å². The SMILES string of the molecule is COC(=O)NCc1cccc2ccc(C(=N)N)cc12. The molecule has 5 heteroatoms. The number of hydrogen-bond acceptors (Lipinski definition) is 3. The minimum absolute atomic E-state index is 0.0256. The minimum atomic E-state index is -0.472. The van der Waals surface area contributed by atoms with Gasteiger partial charge in [-0.2, -0.15) is 0 Å². The fourth-order valence-corrected chi connectivity index (χ4v) is 1.90. The van der Waals surface area contributed by atoms with Crippen LogP contribution >= 0.6 is 0 Å². The predicted molar refractivity (Wildman–Crippen MR) is 74.2 cm³/mol. The number of fused-ring (bicyclic) bond motifs is 1. The van der Waals surface area contributed by atoms with Gasteiger partial charge in [0, 0.05) is 12.1 Å². The van der Waals surface area contributed by atoms with E-state index >= 15 is 0 Å². The molecule has 0 bridgehead atoms. The highest BCUT2D eigenvalue weighted by Crippen LogP contribution is 2.20. The maximum absolute atomic E-state index is 11.1. The molecule has 0 saturated carbocycles. The Morgan fingerprint density at radius 3 is 2.84 bits per heavy atom. The normalized spacial score (nSPS) is 10.2. The Balaban J connectivity index is 2.39. The number of rotatable bonds is 3. The number of nitrogens with one attached hydrogen (secondary N) is 2. The molecular formula is C14H15N3O2. The van der Waals surface area contributed by atoms with Gasteiger partial charge in [0.2, 0.25) is 0 Å². The number of hydrogen-bond donors (Lipinski definition) is 3. The highest BCUT2D eigenvalue weighted by atomic mass is 16.5. The van der Waals surface area contributed by atoms with Crippen LogP contribution < -0.4 is 11.1 Å². The standard InChI is InChI=1S/C14H15N3O2/c1-19-14(18)17-8-11-4-2-3-9-5-6-10(13(15)16)7-12(9)11/h2-7H,8H2,1H3,(H3,15,16)(H,17,18). The Hall–Kier alpha value is -2.56. The first-order valence-corrected chi connectivity index (χ1v) is 5.79. The number of ether oxygens (including phenoxy) is 1. The molecule has 0 aromatic heterocycles. The molecule has 0 aliphatic heterocycles. The summed E-state index contributed by atoms with van der Waals surface area (Å²) in [5, 5.41) is 12.1. The zero-order valence-electron chi connectivity index (χ0n) is 10.6. The maximum atomic E-state index is 11.1. The van der Waals surface area contributed by atoms with Crippen molar-refractivity contribution in [3.63, 3.8) is 0 Å². The van der Waals surface area contributed by atoms with Crippen molar-refractivity contribution in [3.05, 3.63) is 47.5 Å². The molecule has 0 heterocycles. The average molecular weight is 257 g/mol. The Bertz CT molecular complexity index is 638. The lowest BCUT2D eigenvalue weighted by molar-refractivity contribution is 0.170. The van der Waals surface area contributed by atoms with Crippen molar-refractivity contribution in [1.82, 2.24) is 5.32 Å². The van der Waals surface area contributed by atoms with Crippen LogP contribution in [0.3, 0.4) is 0 Å². The van der Waals surface area contributed by atoms with E-state index in [0.29, 0.717) is 12.1 Å². The van der Waals surface area contributed by atoms with Gasteiger partial charge in [-0.25, -0.2) is 4.79 Å². The van der Waals surface area contributed by atoms with Crippen LogP contribution in [0.1, 0.15) is 11.1 Å². The van der Waals surface area contributed by atoms with Gasteiger partial charge < -0.3 is 15.8 Å². The maximum Gasteiger partial charge on any atom is 0.407 e. The highest BCUT2D eigenvalue weighted by Gasteiger charge is 2.05. The number of amidine groups is 1. The molecule has 1 amide bonds. The molecule has 0 fully saturated rings. The van der Waals surface area contributed by atoms with Gasteiger partial charge in [0.15, 0.2) is 0 Å². The van der Waals surface area contributed by atoms with Crippen molar-refractivity contribution in [2.45, 2.75) is 6.54 Å². The van der Waals surface area contributed by atoms with Crippen LogP contribution in [0.15, 0.2) is 36.4 Å². The summed E-state index contributed by atoms with van der Waals surface area (Å²) in [6, 6.07) is 11.4. The predicted octanol–water partition coefficient (Wildman–Crippen LogP) is 1.98. The number of carbonyl (C=O) groups is 1. The second kappa shape index (κ2) is 5.39. The number of amides is 1. The Labute approximate surface area is 110 Å². The summed E-state index contributed by atoms with van der Waals surface area (Å²) in [5.41, 5.74) is 7.11. The van der Waals surface area contributed by atoms with E-state index in [1.807, 2.05) is 36.4 Å². The van der Waals surface area contributed by atoms with Crippen LogP contribution in [0, 0.1) is 5.41 Å². The summed E-state index contributed by atoms with van der Waals surface area (Å²) in [5.74, 6) is 0.0256. The Morgan fingerprint density at radius 2 is 2.16 bits per heavy atom. The summed E-state index contributed by atoms with van der Waals surface area (Å²) < 4.78 is 4.54. The zero-order chi connectivity index (χ0) is 13.8. The molecule has 2 rings (SSSR count). The number of nitrogens with two attached hydrogens (primary N) is 1. The van der Waals surface area contributed by atoms with E-state index in [4.69, 9.17) is 11.1 Å². The Kier molecular flexibility index (Phi) is 3.66. The second-order valence-electron chi connectivity index (χ2n) is 4.11. The van der Waals surface area contributed by atoms with Crippen molar-refractivity contribution in [2.24, 2.45) is 5.73 Å². The lowest BCUT2D eigenvalue weighted by Crippen LogP contribution is -2.22. The molecule has 0 unspecified atom stereocenters. The third-order valence-corrected chi connectivity index (χ3v) is 2.89. The lowest BCUT2D eigenvalue weighted by atomic mass is 10.0. The second-order valence-corrected chi connectivity index (χ2v) is 4.11. The first kappa shape index (κ1) is 12.9. The van der Waals surface area contributed by atoms with Crippen LogP contribution in [0.2, 0.25) is 0 Å². The van der Waals surface area contributed by atoms with Crippen LogP contribution in [-0.4, -0.2) is 19.0 Å². The Morgan fingerprint density at radius 1 is 1.37 bits per heavy atom. The minimum Gasteiger partial charge on any atom is -0.453 e. The molecule has 0 aliphatic rings. The van der Waals surface area contributed by atoms with Crippen molar-refractivity contribution >= 4 is 22.7 Å². The third-order valence-electron chi connectivity index (χ3n) is 2.89. The largest absolute Gasteiger partial charge is 0.453 e. The fraction of sp³-hybridized carbons (Fsp3) is 0.143. The number of methoxy groups -OCH3 is 1. The average Bonchev–Trinajstić information content (AvgIpc) is 2.43. The van der Waals surface area contributed by atoms with Crippen LogP contribution in [-0.2, 0) is 11.3 Å². The van der Waals surface area contributed by atoms with Gasteiger partial charge in [0.05, 0.1) is 7.11 Å². The van der Waals surface area contributed by atoms with Gasteiger partial charge in [0.25, 0.3) is 0 Å². The highest BCUT2D eigenvalue weighted by molar-refractivity contribution is 5.99. The molecule has 0 aliphatic carbocycles. The van der Waals surface area contributed by atoms with Crippen LogP contribution in [0.5, 0.6) is 0 Å². The molecule has 5 nitrogen and oxygen atoms in total. The van der Waals surface area contributed by atoms with Crippen molar-refractivity contribution in [1.29, 1.82) is 5.41 Å². The van der Waals surface area contributed by atoms with E-state index in [-0.39, 0.29) is 5.84 Å². The van der Waals surface area contributed by atoms with Gasteiger partial charge in [-0.1, -0.05) is 30.3 Å². The van der Waals surface area contributed by atoms with Gasteiger partial charge >= 0.3 is 6.09 Å². The van der Waals surface area contributed by atoms with E-state index in [0.717, 1.165) is 16.3 Å². The van der Waals surface area contributed by atoms with Crippen LogP contribution in [0.25, 0.3) is 10.8 Å². The monoisotopic (exact) mass is 257 g/mol. The quantitative estimate of drug-likeness (QED) is 0.580. The van der Waals surface area contributed by atoms with Crippen molar-refractivity contribution < 1.29 is 9.53 Å². The molecule has 98 valence electrons. The number of alkyl carbamates (subject to hydrolysis) is 1. The molecule has 0 saturated heterocycles. The fourth-order valence-electron chi connectivity index (χ4n) is 1.90. The summed E-state index contributed by atoms with van der Waals surface area (Å²) >= 11 is 0. The molecule has 2 aromatic carbocycles. The van der Waals surface area contributed by atoms with Gasteiger partial charge in [-0.3, -0.25) is 5.41 Å². The van der Waals surface area contributed by atoms with E-state index < -0.39 is 6.09 Å². The lowest BCUT2D eigenvalue weighted by Gasteiger charge is -2.09. The number of carbonyl (C=O) groups excluding carboxylic acids is 1. The van der Waals surface area contributed by atoms with E-state index in [2.05, 4.69) is 10.1 Å². The first-order chi connectivity index (χ1) is 9.11. The molecule has 2 aromatic rings. The number of nitrogen functional groups attached to an aromatic ring is 1. The summed E-state index contributed by atoms with van der Waals surface area (Å²) in [7, 11) is 1.33. The van der Waals surface area contributed by atoms with E-state index in [9.17, 15) is 4.79 Å². The van der Waals surface area contributed by atoms with Gasteiger partial charge in [-0.05, 0) is 22.4 Å². The smallest absolute Gasteiger partial charge is 0.407 e. The molecule has 0 spiro atoms. The summed E-state index contributed by atoms with van der Waals surface area (Å²) in [6.45, 7) is 0.366. The van der Waals surface area contributed by atoms with Crippen LogP contribution in [0.4, 0.5) is 4.79 Å². The molecule has 19 heavy (non-hydrogen) atoms. The summed E-state index contributed by atoms with van der Waals surface area (Å²) in [6.07, 6.45) is -0.472. The van der Waals surface area contributed by atoms with Crippen molar-refractivity contribution in [2.75, 3.05) is 7.11 Å². The van der Waals surface area contributed by atoms with E-state index in [1.54, 1.807) is 0 Å². The molecular weight excluding hydrogens is 242 g/mol. The molecule has 0 radical (unpaired) electrons. The number of benzene rings is 2. The summed E-state index contributed by atoms with van der Waals surface area (Å²) in [4.78, 5) is 11.1. The zero-order valence-corrected chi connectivity index (χ0v) is 10.6. The molecule has 0 atom stereocenters. The third kappa shape index (κ3) is 2.82. The topological polar surface area (TPSA) is 88.2 Å². The van der Waals surface area contributed by atoms with Crippen molar-refractivity contribution in [3.8, 4) is 0 Å². The molecule has 4 N–H and O–H groups in total. The van der Waals surface area contributed by atoms with Gasteiger partial charge in [-0.15, -0.1) is 0 Å².